The van der Waals surface area contributed by atoms with E-state index in [1.807, 2.05) is 6.92 Å². The topological polar surface area (TPSA) is 53.1 Å². The van der Waals surface area contributed by atoms with Crippen molar-refractivity contribution in [2.45, 2.75) is 52.0 Å². The number of hydrogen-bond donors (Lipinski definition) is 2. The molecule has 1 saturated carbocycles. The number of nitrogens with one attached hydrogen (secondary N) is 2. The van der Waals surface area contributed by atoms with Crippen molar-refractivity contribution in [3.8, 4) is 0 Å². The molecule has 0 amide bonds. The van der Waals surface area contributed by atoms with E-state index >= 15 is 0 Å². The van der Waals surface area contributed by atoms with Crippen LogP contribution in [0.25, 0.3) is 0 Å². The minimum atomic E-state index is 0.268. The first-order valence-electron chi connectivity index (χ1n) is 7.99. The molecule has 1 aromatic rings. The fourth-order valence-electron chi connectivity index (χ4n) is 3.20. The normalized spacial score (nSPS) is 17.2. The fraction of sp³-hybridized carbons (Fsp3) is 0.750. The van der Waals surface area contributed by atoms with E-state index in [0.29, 0.717) is 0 Å². The second-order valence-electron chi connectivity index (χ2n) is 6.30. The summed E-state index contributed by atoms with van der Waals surface area (Å²) in [6.07, 6.45) is 5.17. The lowest BCUT2D eigenvalue weighted by molar-refractivity contribution is 0.172. The number of hydrogen-bond acceptors (Lipinski definition) is 5. The largest absolute Gasteiger partial charge is 0.370 e. The molecule has 0 aromatic carbocycles. The molecule has 0 saturated heterocycles. The first kappa shape index (κ1) is 16.0. The number of anilines is 2. The third kappa shape index (κ3) is 3.46. The van der Waals surface area contributed by atoms with Crippen LogP contribution in [0.3, 0.4) is 0 Å². The van der Waals surface area contributed by atoms with Crippen molar-refractivity contribution >= 4 is 11.6 Å². The van der Waals surface area contributed by atoms with Crippen LogP contribution in [0.1, 0.15) is 44.0 Å². The molecule has 1 aromatic heterocycles. The van der Waals surface area contributed by atoms with E-state index < -0.39 is 0 Å². The summed E-state index contributed by atoms with van der Waals surface area (Å²) in [5.41, 5.74) is 1.37. The highest BCUT2D eigenvalue weighted by molar-refractivity contribution is 5.57. The molecule has 1 heterocycles. The Morgan fingerprint density at radius 3 is 2.14 bits per heavy atom. The molecule has 5 nitrogen and oxygen atoms in total. The molecular weight excluding hydrogens is 262 g/mol. The summed E-state index contributed by atoms with van der Waals surface area (Å²) in [6.45, 7) is 7.93. The van der Waals surface area contributed by atoms with Gasteiger partial charge in [0.05, 0.1) is 0 Å². The highest BCUT2D eigenvalue weighted by Gasteiger charge is 2.35. The van der Waals surface area contributed by atoms with Gasteiger partial charge in [-0.25, -0.2) is 9.97 Å². The summed E-state index contributed by atoms with van der Waals surface area (Å²) in [4.78, 5) is 11.4. The second-order valence-corrected chi connectivity index (χ2v) is 6.30. The Kier molecular flexibility index (Phi) is 5.04. The molecule has 1 fully saturated rings. The summed E-state index contributed by atoms with van der Waals surface area (Å²) in [5, 5.41) is 6.90. The van der Waals surface area contributed by atoms with Crippen LogP contribution in [-0.2, 0) is 0 Å². The molecule has 0 radical (unpaired) electrons. The highest BCUT2D eigenvalue weighted by atomic mass is 15.2. The first-order valence-corrected chi connectivity index (χ1v) is 7.99. The van der Waals surface area contributed by atoms with Gasteiger partial charge in [-0.2, -0.15) is 0 Å². The van der Waals surface area contributed by atoms with Crippen molar-refractivity contribution in [3.63, 3.8) is 0 Å². The minimum absolute atomic E-state index is 0.268. The Bertz CT molecular complexity index is 478. The van der Waals surface area contributed by atoms with Gasteiger partial charge in [-0.15, -0.1) is 0 Å². The SMILES string of the molecule is CCNc1nc(C)nc(NCC2(N(C)C)CCCC2)c1C. The molecule has 21 heavy (non-hydrogen) atoms. The Hall–Kier alpha value is -1.36. The van der Waals surface area contributed by atoms with Crippen LogP contribution >= 0.6 is 0 Å². The quantitative estimate of drug-likeness (QED) is 0.844. The molecule has 118 valence electrons. The van der Waals surface area contributed by atoms with Crippen LogP contribution in [0, 0.1) is 13.8 Å². The predicted octanol–water partition coefficient (Wildman–Crippen LogP) is 2.81. The van der Waals surface area contributed by atoms with Gasteiger partial charge >= 0.3 is 0 Å². The Balaban J connectivity index is 2.16. The number of rotatable bonds is 6. The van der Waals surface area contributed by atoms with Crippen LogP contribution in [-0.4, -0.2) is 47.6 Å². The Morgan fingerprint density at radius 2 is 1.62 bits per heavy atom. The van der Waals surface area contributed by atoms with Gasteiger partial charge in [0, 0.05) is 24.2 Å². The Labute approximate surface area is 128 Å². The average molecular weight is 291 g/mol. The van der Waals surface area contributed by atoms with E-state index in [4.69, 9.17) is 0 Å². The van der Waals surface area contributed by atoms with E-state index in [2.05, 4.69) is 53.4 Å². The molecule has 0 unspecified atom stereocenters. The third-order valence-corrected chi connectivity index (χ3v) is 4.67. The summed E-state index contributed by atoms with van der Waals surface area (Å²) in [7, 11) is 4.38. The van der Waals surface area contributed by atoms with E-state index in [1.165, 1.54) is 25.7 Å². The summed E-state index contributed by atoms with van der Waals surface area (Å²) >= 11 is 0. The predicted molar refractivity (Wildman–Crippen MR) is 89.0 cm³/mol. The van der Waals surface area contributed by atoms with Crippen molar-refractivity contribution < 1.29 is 0 Å². The standard InChI is InChI=1S/C16H29N5/c1-6-17-14-12(2)15(20-13(3)19-14)18-11-16(21(4)5)9-7-8-10-16/h6-11H2,1-5H3,(H2,17,18,19,20). The van der Waals surface area contributed by atoms with Crippen LogP contribution in [0.5, 0.6) is 0 Å². The summed E-state index contributed by atoms with van der Waals surface area (Å²) < 4.78 is 0. The van der Waals surface area contributed by atoms with Gasteiger partial charge < -0.3 is 15.5 Å². The van der Waals surface area contributed by atoms with Gasteiger partial charge in [-0.3, -0.25) is 0 Å². The van der Waals surface area contributed by atoms with Crippen molar-refractivity contribution in [2.75, 3.05) is 37.8 Å². The van der Waals surface area contributed by atoms with Crippen molar-refractivity contribution in [1.29, 1.82) is 0 Å². The molecule has 1 aliphatic carbocycles. The zero-order valence-electron chi connectivity index (χ0n) is 14.1. The molecule has 0 bridgehead atoms. The van der Waals surface area contributed by atoms with Crippen molar-refractivity contribution in [3.05, 3.63) is 11.4 Å². The molecule has 0 aliphatic heterocycles. The highest BCUT2D eigenvalue weighted by Crippen LogP contribution is 2.34. The van der Waals surface area contributed by atoms with E-state index in [-0.39, 0.29) is 5.54 Å². The summed E-state index contributed by atoms with van der Waals surface area (Å²) in [5.74, 6) is 2.72. The fourth-order valence-corrected chi connectivity index (χ4v) is 3.20. The maximum atomic E-state index is 4.59. The molecule has 5 heteroatoms. The van der Waals surface area contributed by atoms with Crippen molar-refractivity contribution in [1.82, 2.24) is 14.9 Å². The molecule has 0 spiro atoms. The molecule has 0 atom stereocenters. The first-order chi connectivity index (χ1) is 9.98. The smallest absolute Gasteiger partial charge is 0.134 e. The van der Waals surface area contributed by atoms with Gasteiger partial charge in [0.15, 0.2) is 0 Å². The number of likely N-dealkylation sites (N-methyl/N-ethyl adjacent to an activating group) is 1. The Morgan fingerprint density at radius 1 is 1.05 bits per heavy atom. The van der Waals surface area contributed by atoms with Crippen molar-refractivity contribution in [2.24, 2.45) is 0 Å². The van der Waals surface area contributed by atoms with Gasteiger partial charge in [-0.1, -0.05) is 12.8 Å². The minimum Gasteiger partial charge on any atom is -0.370 e. The molecule has 1 aliphatic rings. The molecule has 2 rings (SSSR count). The zero-order valence-corrected chi connectivity index (χ0v) is 14.1. The second kappa shape index (κ2) is 6.60. The number of aryl methyl sites for hydroxylation is 1. The zero-order chi connectivity index (χ0) is 15.5. The molecular formula is C16H29N5. The lowest BCUT2D eigenvalue weighted by atomic mass is 9.96. The third-order valence-electron chi connectivity index (χ3n) is 4.67. The van der Waals surface area contributed by atoms with E-state index in [1.54, 1.807) is 0 Å². The van der Waals surface area contributed by atoms with Gasteiger partial charge in [0.2, 0.25) is 0 Å². The summed E-state index contributed by atoms with van der Waals surface area (Å²) in [6, 6.07) is 0. The number of nitrogens with zero attached hydrogens (tertiary/aromatic N) is 3. The maximum Gasteiger partial charge on any atom is 0.134 e. The lowest BCUT2D eigenvalue weighted by Crippen LogP contribution is -2.47. The van der Waals surface area contributed by atoms with E-state index in [0.717, 1.165) is 36.1 Å². The maximum absolute atomic E-state index is 4.59. The van der Waals surface area contributed by atoms with Gasteiger partial charge in [-0.05, 0) is 47.7 Å². The van der Waals surface area contributed by atoms with Crippen LogP contribution in [0.2, 0.25) is 0 Å². The van der Waals surface area contributed by atoms with E-state index in [9.17, 15) is 0 Å². The monoisotopic (exact) mass is 291 g/mol. The number of aromatic nitrogens is 2. The lowest BCUT2D eigenvalue weighted by Gasteiger charge is -2.36. The van der Waals surface area contributed by atoms with Crippen LogP contribution in [0.15, 0.2) is 0 Å². The van der Waals surface area contributed by atoms with Gasteiger partial charge in [0.1, 0.15) is 17.5 Å². The average Bonchev–Trinajstić information content (AvgIpc) is 2.91. The van der Waals surface area contributed by atoms with Crippen LogP contribution in [0.4, 0.5) is 11.6 Å². The molecule has 2 N–H and O–H groups in total. The van der Waals surface area contributed by atoms with Gasteiger partial charge in [0.25, 0.3) is 0 Å². The van der Waals surface area contributed by atoms with Crippen LogP contribution < -0.4 is 10.6 Å².